The molecule has 150 valence electrons. The lowest BCUT2D eigenvalue weighted by Crippen LogP contribution is -2.58. The summed E-state index contributed by atoms with van der Waals surface area (Å²) in [5, 5.41) is 20.1. The van der Waals surface area contributed by atoms with Crippen LogP contribution in [0.15, 0.2) is 12.1 Å². The summed E-state index contributed by atoms with van der Waals surface area (Å²) in [5.41, 5.74) is 0.941. The molecule has 4 heterocycles. The Bertz CT molecular complexity index is 859. The number of halogens is 1. The smallest absolute Gasteiger partial charge is 0.407 e. The van der Waals surface area contributed by atoms with Gasteiger partial charge in [0.2, 0.25) is 5.95 Å². The highest BCUT2D eigenvalue weighted by molar-refractivity contribution is 6.29. The number of aromatic amines is 1. The lowest BCUT2D eigenvalue weighted by Gasteiger charge is -2.49. The zero-order chi connectivity index (χ0) is 19.8. The minimum atomic E-state index is -0.810. The fourth-order valence-corrected chi connectivity index (χ4v) is 4.56. The molecular formula is C18H24ClN7O2. The summed E-state index contributed by atoms with van der Waals surface area (Å²) in [6.07, 6.45) is 3.65. The van der Waals surface area contributed by atoms with Crippen molar-refractivity contribution >= 4 is 35.3 Å². The summed E-state index contributed by atoms with van der Waals surface area (Å²) >= 11 is 6.23. The fourth-order valence-electron chi connectivity index (χ4n) is 4.39. The quantitative estimate of drug-likeness (QED) is 0.668. The number of fused-ring (bicyclic) bond motifs is 2. The van der Waals surface area contributed by atoms with Crippen LogP contribution in [0.5, 0.6) is 0 Å². The Hall–Kier alpha value is -2.55. The molecule has 2 aliphatic rings. The number of carboxylic acid groups (broad SMARTS) is 1. The number of nitrogens with zero attached hydrogens (tertiary/aromatic N) is 5. The first kappa shape index (κ1) is 18.8. The van der Waals surface area contributed by atoms with E-state index in [1.807, 2.05) is 24.9 Å². The van der Waals surface area contributed by atoms with Crippen molar-refractivity contribution in [2.24, 2.45) is 0 Å². The number of aromatic nitrogens is 4. The minimum Gasteiger partial charge on any atom is -0.465 e. The van der Waals surface area contributed by atoms with E-state index in [-0.39, 0.29) is 18.1 Å². The molecule has 2 aromatic rings. The van der Waals surface area contributed by atoms with Crippen LogP contribution in [0.1, 0.15) is 37.8 Å². The van der Waals surface area contributed by atoms with Gasteiger partial charge in [-0.15, -0.1) is 0 Å². The van der Waals surface area contributed by atoms with E-state index in [1.54, 1.807) is 11.0 Å². The largest absolute Gasteiger partial charge is 0.465 e. The molecule has 0 spiro atoms. The molecule has 0 aliphatic carbocycles. The summed E-state index contributed by atoms with van der Waals surface area (Å²) in [5.74, 6) is 1.75. The molecule has 0 saturated carbocycles. The van der Waals surface area contributed by atoms with Gasteiger partial charge in [0.05, 0.1) is 0 Å². The van der Waals surface area contributed by atoms with Crippen LogP contribution < -0.4 is 10.2 Å². The topological polar surface area (TPSA) is 110 Å². The Morgan fingerprint density at radius 1 is 1.29 bits per heavy atom. The number of rotatable bonds is 4. The first-order valence-corrected chi connectivity index (χ1v) is 9.86. The van der Waals surface area contributed by atoms with Gasteiger partial charge in [0.25, 0.3) is 0 Å². The lowest BCUT2D eigenvalue weighted by atomic mass is 9.81. The molecule has 2 fully saturated rings. The van der Waals surface area contributed by atoms with Crippen LogP contribution in [0.3, 0.4) is 0 Å². The van der Waals surface area contributed by atoms with Crippen molar-refractivity contribution in [2.45, 2.75) is 57.2 Å². The number of hydrogen-bond acceptors (Lipinski definition) is 6. The van der Waals surface area contributed by atoms with Gasteiger partial charge in [-0.05, 0) is 39.0 Å². The second kappa shape index (κ2) is 7.46. The number of nitrogens with one attached hydrogen (secondary N) is 2. The van der Waals surface area contributed by atoms with Crippen LogP contribution in [-0.4, -0.2) is 61.4 Å². The molecule has 2 aliphatic heterocycles. The number of hydrogen-bond donors (Lipinski definition) is 3. The Labute approximate surface area is 168 Å². The molecule has 10 heteroatoms. The Morgan fingerprint density at radius 3 is 2.61 bits per heavy atom. The Kier molecular flexibility index (Phi) is 5.01. The van der Waals surface area contributed by atoms with E-state index in [0.717, 1.165) is 37.8 Å². The second-order valence-electron chi connectivity index (χ2n) is 7.60. The van der Waals surface area contributed by atoms with Crippen LogP contribution >= 0.6 is 11.6 Å². The fraction of sp³-hybridized carbons (Fsp3) is 0.556. The highest BCUT2D eigenvalue weighted by Crippen LogP contribution is 2.36. The Balaban J connectivity index is 1.53. The monoisotopic (exact) mass is 405 g/mol. The van der Waals surface area contributed by atoms with Crippen molar-refractivity contribution in [3.63, 3.8) is 0 Å². The van der Waals surface area contributed by atoms with Crippen molar-refractivity contribution in [1.29, 1.82) is 0 Å². The molecule has 0 radical (unpaired) electrons. The van der Waals surface area contributed by atoms with Gasteiger partial charge in [0.15, 0.2) is 5.82 Å². The third kappa shape index (κ3) is 3.71. The van der Waals surface area contributed by atoms with Gasteiger partial charge in [-0.25, -0.2) is 9.78 Å². The third-order valence-corrected chi connectivity index (χ3v) is 5.87. The van der Waals surface area contributed by atoms with E-state index in [2.05, 4.69) is 25.5 Å². The van der Waals surface area contributed by atoms with E-state index >= 15 is 0 Å². The molecular weight excluding hydrogens is 382 g/mol. The molecule has 2 bridgehead atoms. The van der Waals surface area contributed by atoms with Gasteiger partial charge in [0.1, 0.15) is 11.0 Å². The first-order chi connectivity index (χ1) is 13.4. The number of piperidine rings is 2. The maximum Gasteiger partial charge on any atom is 0.407 e. The highest BCUT2D eigenvalue weighted by atomic mass is 35.5. The molecule has 4 rings (SSSR count). The number of carbonyl (C=O) groups is 1. The number of anilines is 3. The maximum atomic E-state index is 11.6. The molecule has 0 unspecified atom stereocenters. The average molecular weight is 406 g/mol. The summed E-state index contributed by atoms with van der Waals surface area (Å²) in [6, 6.07) is 3.82. The SMILES string of the molecule is Cc1cc(Nc2cc(Cl)nc(N(C)[C@@H]3C[C@H]4CCC[C@@H](C3)N4C(=O)O)n2)n[nH]1. The van der Waals surface area contributed by atoms with E-state index in [0.29, 0.717) is 22.7 Å². The molecule has 2 saturated heterocycles. The number of H-pyrrole nitrogens is 1. The van der Waals surface area contributed by atoms with E-state index in [1.165, 1.54) is 0 Å². The number of amides is 1. The van der Waals surface area contributed by atoms with Crippen molar-refractivity contribution in [3.8, 4) is 0 Å². The van der Waals surface area contributed by atoms with Crippen LogP contribution in [0.25, 0.3) is 0 Å². The second-order valence-corrected chi connectivity index (χ2v) is 7.99. The number of aryl methyl sites for hydroxylation is 1. The van der Waals surface area contributed by atoms with E-state index in [9.17, 15) is 9.90 Å². The molecule has 28 heavy (non-hydrogen) atoms. The van der Waals surface area contributed by atoms with E-state index < -0.39 is 6.09 Å². The highest BCUT2D eigenvalue weighted by Gasteiger charge is 2.42. The zero-order valence-corrected chi connectivity index (χ0v) is 16.6. The average Bonchev–Trinajstić information content (AvgIpc) is 3.04. The molecule has 0 aromatic carbocycles. The summed E-state index contributed by atoms with van der Waals surface area (Å²) in [6.45, 7) is 1.92. The van der Waals surface area contributed by atoms with Crippen molar-refractivity contribution in [3.05, 3.63) is 23.0 Å². The van der Waals surface area contributed by atoms with Gasteiger partial charge in [-0.2, -0.15) is 10.1 Å². The van der Waals surface area contributed by atoms with Crippen LogP contribution in [0.2, 0.25) is 5.15 Å². The third-order valence-electron chi connectivity index (χ3n) is 5.68. The van der Waals surface area contributed by atoms with Gasteiger partial charge in [-0.1, -0.05) is 11.6 Å². The molecule has 3 atom stereocenters. The van der Waals surface area contributed by atoms with Gasteiger partial charge in [0, 0.05) is 43.0 Å². The Morgan fingerprint density at radius 2 is 2.00 bits per heavy atom. The van der Waals surface area contributed by atoms with Gasteiger partial charge >= 0.3 is 6.09 Å². The van der Waals surface area contributed by atoms with Crippen LogP contribution in [0.4, 0.5) is 22.4 Å². The summed E-state index contributed by atoms with van der Waals surface area (Å²) in [4.78, 5) is 24.3. The van der Waals surface area contributed by atoms with Gasteiger partial charge in [-0.3, -0.25) is 5.10 Å². The van der Waals surface area contributed by atoms with Crippen molar-refractivity contribution in [2.75, 3.05) is 17.3 Å². The van der Waals surface area contributed by atoms with E-state index in [4.69, 9.17) is 11.6 Å². The maximum absolute atomic E-state index is 11.6. The van der Waals surface area contributed by atoms with Crippen LogP contribution in [-0.2, 0) is 0 Å². The van der Waals surface area contributed by atoms with Crippen molar-refractivity contribution in [1.82, 2.24) is 25.1 Å². The molecule has 9 nitrogen and oxygen atoms in total. The zero-order valence-electron chi connectivity index (χ0n) is 15.9. The normalized spacial score (nSPS) is 24.1. The summed E-state index contributed by atoms with van der Waals surface area (Å²) in [7, 11) is 1.95. The van der Waals surface area contributed by atoms with Gasteiger partial charge < -0.3 is 20.2 Å². The lowest BCUT2D eigenvalue weighted by molar-refractivity contribution is 0.0351. The standard InChI is InChI=1S/C18H24ClN7O2/c1-10-6-16(24-23-10)21-15-9-14(19)20-17(22-15)25(2)13-7-11-4-3-5-12(8-13)26(11)18(27)28/h6,9,11-13H,3-5,7-8H2,1-2H3,(H,27,28)(H2,20,21,22,23,24)/t11-,12+,13-. The predicted molar refractivity (Wildman–Crippen MR) is 106 cm³/mol. The van der Waals surface area contributed by atoms with Crippen LogP contribution in [0, 0.1) is 6.92 Å². The molecule has 3 N–H and O–H groups in total. The van der Waals surface area contributed by atoms with Crippen molar-refractivity contribution < 1.29 is 9.90 Å². The summed E-state index contributed by atoms with van der Waals surface area (Å²) < 4.78 is 0. The minimum absolute atomic E-state index is 0.0567. The molecule has 1 amide bonds. The predicted octanol–water partition coefficient (Wildman–Crippen LogP) is 3.40. The molecule has 2 aromatic heterocycles. The first-order valence-electron chi connectivity index (χ1n) is 9.48.